The van der Waals surface area contributed by atoms with Crippen molar-refractivity contribution in [3.63, 3.8) is 0 Å². The summed E-state index contributed by atoms with van der Waals surface area (Å²) in [6.07, 6.45) is 0. The van der Waals surface area contributed by atoms with Crippen molar-refractivity contribution in [1.82, 2.24) is 4.98 Å². The lowest BCUT2D eigenvalue weighted by atomic mass is 10.2. The quantitative estimate of drug-likeness (QED) is 0.924. The first-order chi connectivity index (χ1) is 9.10. The third-order valence-electron chi connectivity index (χ3n) is 2.47. The highest BCUT2D eigenvalue weighted by molar-refractivity contribution is 9.10. The van der Waals surface area contributed by atoms with Gasteiger partial charge in [-0.25, -0.2) is 4.98 Å². The van der Waals surface area contributed by atoms with Gasteiger partial charge in [0.25, 0.3) is 5.91 Å². The van der Waals surface area contributed by atoms with Crippen molar-refractivity contribution < 1.29 is 4.79 Å². The van der Waals surface area contributed by atoms with Crippen molar-refractivity contribution in [2.45, 2.75) is 6.92 Å². The molecule has 0 fully saturated rings. The predicted molar refractivity (Wildman–Crippen MR) is 75.8 cm³/mol. The van der Waals surface area contributed by atoms with Crippen LogP contribution in [0.4, 0.5) is 5.69 Å². The van der Waals surface area contributed by atoms with Crippen molar-refractivity contribution in [2.24, 2.45) is 0 Å². The van der Waals surface area contributed by atoms with E-state index in [1.165, 1.54) is 0 Å². The highest BCUT2D eigenvalue weighted by atomic mass is 79.9. The summed E-state index contributed by atoms with van der Waals surface area (Å²) in [5.74, 6) is -0.346. The van der Waals surface area contributed by atoms with Crippen LogP contribution in [0.25, 0.3) is 0 Å². The predicted octanol–water partition coefficient (Wildman–Crippen LogP) is 3.28. The molecular formula is C14H10BrN3O. The SMILES string of the molecule is Cc1ccc(NC(=O)c2cccc(C#N)n2)c(Br)c1. The largest absolute Gasteiger partial charge is 0.320 e. The fourth-order valence-corrected chi connectivity index (χ4v) is 2.12. The maximum atomic E-state index is 12.0. The minimum absolute atomic E-state index is 0.214. The third-order valence-corrected chi connectivity index (χ3v) is 3.13. The van der Waals surface area contributed by atoms with Gasteiger partial charge in [-0.2, -0.15) is 5.26 Å². The zero-order valence-electron chi connectivity index (χ0n) is 10.1. The lowest BCUT2D eigenvalue weighted by Gasteiger charge is -2.07. The van der Waals surface area contributed by atoms with Crippen LogP contribution in [-0.4, -0.2) is 10.9 Å². The average Bonchev–Trinajstić information content (AvgIpc) is 2.42. The fraction of sp³-hybridized carbons (Fsp3) is 0.0714. The second-order valence-electron chi connectivity index (χ2n) is 3.96. The summed E-state index contributed by atoms with van der Waals surface area (Å²) in [5, 5.41) is 11.5. The zero-order chi connectivity index (χ0) is 13.8. The van der Waals surface area contributed by atoms with E-state index in [0.29, 0.717) is 5.69 Å². The molecular weight excluding hydrogens is 306 g/mol. The van der Waals surface area contributed by atoms with Crippen molar-refractivity contribution in [3.05, 3.63) is 57.8 Å². The fourth-order valence-electron chi connectivity index (χ4n) is 1.53. The molecule has 0 radical (unpaired) electrons. The monoisotopic (exact) mass is 315 g/mol. The number of aryl methyl sites for hydroxylation is 1. The van der Waals surface area contributed by atoms with Gasteiger partial charge >= 0.3 is 0 Å². The molecule has 1 aromatic carbocycles. The average molecular weight is 316 g/mol. The van der Waals surface area contributed by atoms with Crippen LogP contribution in [0.1, 0.15) is 21.7 Å². The molecule has 1 aromatic heterocycles. The van der Waals surface area contributed by atoms with Gasteiger partial charge in [0.2, 0.25) is 0 Å². The molecule has 19 heavy (non-hydrogen) atoms. The Balaban J connectivity index is 2.23. The van der Waals surface area contributed by atoms with Gasteiger partial charge in [-0.3, -0.25) is 4.79 Å². The third kappa shape index (κ3) is 3.18. The molecule has 0 aliphatic heterocycles. The summed E-state index contributed by atoms with van der Waals surface area (Å²) in [6, 6.07) is 12.3. The molecule has 4 nitrogen and oxygen atoms in total. The number of carbonyl (C=O) groups excluding carboxylic acids is 1. The highest BCUT2D eigenvalue weighted by Gasteiger charge is 2.10. The maximum Gasteiger partial charge on any atom is 0.274 e. The Morgan fingerprint density at radius 3 is 2.84 bits per heavy atom. The van der Waals surface area contributed by atoms with Crippen molar-refractivity contribution in [2.75, 3.05) is 5.32 Å². The lowest BCUT2D eigenvalue weighted by Crippen LogP contribution is -2.14. The second kappa shape index (κ2) is 5.63. The number of halogens is 1. The van der Waals surface area contributed by atoms with Crippen LogP contribution in [0.3, 0.4) is 0 Å². The van der Waals surface area contributed by atoms with Crippen LogP contribution in [0.2, 0.25) is 0 Å². The van der Waals surface area contributed by atoms with Crippen molar-refractivity contribution in [3.8, 4) is 6.07 Å². The molecule has 94 valence electrons. The number of aromatic nitrogens is 1. The van der Waals surface area contributed by atoms with Gasteiger partial charge in [-0.05, 0) is 52.7 Å². The number of hydrogen-bond acceptors (Lipinski definition) is 3. The molecule has 0 saturated heterocycles. The Labute approximate surface area is 119 Å². The summed E-state index contributed by atoms with van der Waals surface area (Å²) in [4.78, 5) is 16.0. The number of benzene rings is 1. The standard InChI is InChI=1S/C14H10BrN3O/c1-9-5-6-12(11(15)7-9)18-14(19)13-4-2-3-10(8-16)17-13/h2-7H,1H3,(H,18,19). The smallest absolute Gasteiger partial charge is 0.274 e. The van der Waals surface area contributed by atoms with E-state index >= 15 is 0 Å². The molecule has 0 aliphatic rings. The number of nitrogens with one attached hydrogen (secondary N) is 1. The van der Waals surface area contributed by atoms with Crippen LogP contribution in [0.5, 0.6) is 0 Å². The Hall–Kier alpha value is -2.19. The summed E-state index contributed by atoms with van der Waals surface area (Å²) >= 11 is 3.39. The Bertz CT molecular complexity index is 677. The van der Waals surface area contributed by atoms with Crippen LogP contribution in [0, 0.1) is 18.3 Å². The van der Waals surface area contributed by atoms with Gasteiger partial charge < -0.3 is 5.32 Å². The summed E-state index contributed by atoms with van der Waals surface area (Å²) < 4.78 is 0.803. The van der Waals surface area contributed by atoms with Crippen molar-refractivity contribution in [1.29, 1.82) is 5.26 Å². The van der Waals surface area contributed by atoms with Crippen LogP contribution in [-0.2, 0) is 0 Å². The van der Waals surface area contributed by atoms with Gasteiger partial charge in [-0.1, -0.05) is 12.1 Å². The Kier molecular flexibility index (Phi) is 3.93. The van der Waals surface area contributed by atoms with E-state index in [9.17, 15) is 4.79 Å². The van der Waals surface area contributed by atoms with Crippen LogP contribution >= 0.6 is 15.9 Å². The molecule has 1 amide bonds. The van der Waals surface area contributed by atoms with Gasteiger partial charge in [0.15, 0.2) is 0 Å². The maximum absolute atomic E-state index is 12.0. The number of nitrogens with zero attached hydrogens (tertiary/aromatic N) is 2. The number of amides is 1. The molecule has 0 unspecified atom stereocenters. The summed E-state index contributed by atoms with van der Waals surface area (Å²) in [6.45, 7) is 1.97. The number of pyridine rings is 1. The normalized spacial score (nSPS) is 9.74. The number of anilines is 1. The van der Waals surface area contributed by atoms with E-state index in [1.54, 1.807) is 18.2 Å². The molecule has 5 heteroatoms. The molecule has 0 atom stereocenters. The zero-order valence-corrected chi connectivity index (χ0v) is 11.7. The molecule has 0 bridgehead atoms. The number of nitriles is 1. The molecule has 0 spiro atoms. The minimum Gasteiger partial charge on any atom is -0.320 e. The molecule has 0 saturated carbocycles. The Morgan fingerprint density at radius 1 is 1.37 bits per heavy atom. The van der Waals surface area contributed by atoms with Crippen LogP contribution < -0.4 is 5.32 Å². The lowest BCUT2D eigenvalue weighted by molar-refractivity contribution is 0.102. The van der Waals surface area contributed by atoms with E-state index < -0.39 is 0 Å². The number of hydrogen-bond donors (Lipinski definition) is 1. The van der Waals surface area contributed by atoms with E-state index in [0.717, 1.165) is 10.0 Å². The molecule has 0 aliphatic carbocycles. The first-order valence-electron chi connectivity index (χ1n) is 5.55. The topological polar surface area (TPSA) is 65.8 Å². The Morgan fingerprint density at radius 2 is 2.16 bits per heavy atom. The first kappa shape index (κ1) is 13.2. The molecule has 1 heterocycles. The minimum atomic E-state index is -0.346. The summed E-state index contributed by atoms with van der Waals surface area (Å²) in [5.41, 5.74) is 2.19. The van der Waals surface area contributed by atoms with Gasteiger partial charge in [0.05, 0.1) is 5.69 Å². The van der Waals surface area contributed by atoms with Crippen molar-refractivity contribution >= 4 is 27.5 Å². The number of rotatable bonds is 2. The van der Waals surface area contributed by atoms with Gasteiger partial charge in [0, 0.05) is 4.47 Å². The van der Waals surface area contributed by atoms with E-state index in [2.05, 4.69) is 26.2 Å². The molecule has 1 N–H and O–H groups in total. The molecule has 2 aromatic rings. The van der Waals surface area contributed by atoms with Gasteiger partial charge in [-0.15, -0.1) is 0 Å². The van der Waals surface area contributed by atoms with Crippen LogP contribution in [0.15, 0.2) is 40.9 Å². The first-order valence-corrected chi connectivity index (χ1v) is 6.34. The highest BCUT2D eigenvalue weighted by Crippen LogP contribution is 2.23. The second-order valence-corrected chi connectivity index (χ2v) is 4.81. The molecule has 2 rings (SSSR count). The summed E-state index contributed by atoms with van der Waals surface area (Å²) in [7, 11) is 0. The van der Waals surface area contributed by atoms with E-state index in [-0.39, 0.29) is 17.3 Å². The number of carbonyl (C=O) groups is 1. The van der Waals surface area contributed by atoms with Gasteiger partial charge in [0.1, 0.15) is 17.5 Å². The van der Waals surface area contributed by atoms with E-state index in [4.69, 9.17) is 5.26 Å². The van der Waals surface area contributed by atoms with E-state index in [1.807, 2.05) is 31.2 Å².